The van der Waals surface area contributed by atoms with Gasteiger partial charge in [-0.25, -0.2) is 4.79 Å². The van der Waals surface area contributed by atoms with Crippen molar-refractivity contribution in [3.63, 3.8) is 0 Å². The van der Waals surface area contributed by atoms with Crippen LogP contribution in [-0.2, 0) is 19.1 Å². The van der Waals surface area contributed by atoms with Crippen LogP contribution in [0.5, 0.6) is 0 Å². The molecule has 1 aliphatic rings. The average Bonchev–Trinajstić information content (AvgIpc) is 3.52. The first kappa shape index (κ1) is 43.5. The number of hydrogen-bond donors (Lipinski definition) is 4. The summed E-state index contributed by atoms with van der Waals surface area (Å²) in [6.07, 6.45) is 3.32. The summed E-state index contributed by atoms with van der Waals surface area (Å²) in [4.78, 5) is 61.0. The molecule has 0 saturated carbocycles. The van der Waals surface area contributed by atoms with Crippen molar-refractivity contribution >= 4 is 23.8 Å². The third-order valence-corrected chi connectivity index (χ3v) is 9.41. The number of benzene rings is 2. The molecule has 0 spiro atoms. The van der Waals surface area contributed by atoms with E-state index in [0.29, 0.717) is 77.8 Å². The molecule has 0 aliphatic heterocycles. The first-order chi connectivity index (χ1) is 26.8. The van der Waals surface area contributed by atoms with E-state index < -0.39 is 11.6 Å². The van der Waals surface area contributed by atoms with Crippen LogP contribution in [0, 0.1) is 0 Å². The molecule has 2 aromatic carbocycles. The van der Waals surface area contributed by atoms with E-state index in [-0.39, 0.29) is 68.8 Å². The molecule has 0 heterocycles. The molecule has 18 heteroatoms. The monoisotopic (exact) mass is 757 g/mol. The fourth-order valence-electron chi connectivity index (χ4n) is 6.48. The number of unbranched alkanes of at least 4 members (excludes halogenated alkanes) is 3. The summed E-state index contributed by atoms with van der Waals surface area (Å²) < 4.78 is 5.90. The third kappa shape index (κ3) is 15.9. The minimum absolute atomic E-state index is 0.00205. The Balaban J connectivity index is 1.75. The number of carbonyl (C=O) groups excluding carboxylic acids is 4. The highest BCUT2D eigenvalue weighted by atomic mass is 16.5. The van der Waals surface area contributed by atoms with Crippen molar-refractivity contribution in [2.45, 2.75) is 88.5 Å². The second-order valence-corrected chi connectivity index (χ2v) is 13.3. The lowest BCUT2D eigenvalue weighted by atomic mass is 9.83. The van der Waals surface area contributed by atoms with Crippen molar-refractivity contribution in [2.24, 2.45) is 15.3 Å². The van der Waals surface area contributed by atoms with Crippen LogP contribution in [0.1, 0.15) is 94.1 Å². The minimum atomic E-state index is -1.17. The number of alkyl carbamates (subject to hydrolysis) is 1. The smallest absolute Gasteiger partial charge is 0.407 e. The highest BCUT2D eigenvalue weighted by molar-refractivity contribution is 5.80. The van der Waals surface area contributed by atoms with Crippen LogP contribution in [0.25, 0.3) is 42.5 Å². The fraction of sp³-hybridized carbons (Fsp3) is 0.568. The molecule has 0 fully saturated rings. The SMILES string of the molecule is [N-]=[N+]=NCCCCNC(=O)CCC(CCC(=O)NCCCCN=[N+]=[N-])(CCC(=O)NCCCCN=[N+]=[N-])NC(=O)OCC1c2ccccc2-c2ccccc21. The number of nitrogens with one attached hydrogen (secondary N) is 4. The van der Waals surface area contributed by atoms with Crippen LogP contribution in [-0.4, -0.2) is 75.2 Å². The van der Waals surface area contributed by atoms with Crippen LogP contribution < -0.4 is 21.3 Å². The van der Waals surface area contributed by atoms with Gasteiger partial charge in [0.05, 0.1) is 0 Å². The van der Waals surface area contributed by atoms with Gasteiger partial charge in [0.2, 0.25) is 17.7 Å². The van der Waals surface area contributed by atoms with Crippen molar-refractivity contribution in [3.8, 4) is 11.1 Å². The van der Waals surface area contributed by atoms with E-state index in [1.54, 1.807) is 0 Å². The number of fused-ring (bicyclic) bond motifs is 3. The fourth-order valence-corrected chi connectivity index (χ4v) is 6.48. The summed E-state index contributed by atoms with van der Waals surface area (Å²) in [6.45, 7) is 2.14. The van der Waals surface area contributed by atoms with E-state index in [1.165, 1.54) is 0 Å². The summed E-state index contributed by atoms with van der Waals surface area (Å²) in [5.74, 6) is -0.990. The summed E-state index contributed by atoms with van der Waals surface area (Å²) in [5, 5.41) is 22.1. The molecule has 0 aromatic heterocycles. The molecule has 0 atom stereocenters. The Morgan fingerprint density at radius 3 is 1.36 bits per heavy atom. The Bertz CT molecular complexity index is 1570. The lowest BCUT2D eigenvalue weighted by Gasteiger charge is -2.35. The molecule has 294 valence electrons. The second-order valence-electron chi connectivity index (χ2n) is 13.3. The molecule has 1 aliphatic carbocycles. The van der Waals surface area contributed by atoms with E-state index in [9.17, 15) is 19.2 Å². The van der Waals surface area contributed by atoms with Crippen molar-refractivity contribution in [2.75, 3.05) is 45.9 Å². The summed E-state index contributed by atoms with van der Waals surface area (Å²) in [6, 6.07) is 16.0. The lowest BCUT2D eigenvalue weighted by molar-refractivity contribution is -0.121. The van der Waals surface area contributed by atoms with Crippen LogP contribution in [0.2, 0.25) is 0 Å². The van der Waals surface area contributed by atoms with Crippen molar-refractivity contribution in [3.05, 3.63) is 91.0 Å². The Kier molecular flexibility index (Phi) is 19.9. The van der Waals surface area contributed by atoms with E-state index in [2.05, 4.69) is 51.3 Å². The molecule has 3 rings (SSSR count). The van der Waals surface area contributed by atoms with Gasteiger partial charge in [0.1, 0.15) is 6.61 Å². The zero-order valence-electron chi connectivity index (χ0n) is 31.2. The molecule has 4 N–H and O–H groups in total. The molecule has 0 radical (unpaired) electrons. The van der Waals surface area contributed by atoms with Gasteiger partial charge in [-0.3, -0.25) is 14.4 Å². The van der Waals surface area contributed by atoms with Gasteiger partial charge in [0.25, 0.3) is 0 Å². The Labute approximate surface area is 320 Å². The van der Waals surface area contributed by atoms with E-state index >= 15 is 0 Å². The lowest BCUT2D eigenvalue weighted by Crippen LogP contribution is -2.51. The average molecular weight is 758 g/mol. The quantitative estimate of drug-likeness (QED) is 0.0317. The van der Waals surface area contributed by atoms with Crippen molar-refractivity contribution in [1.29, 1.82) is 0 Å². The number of azide groups is 3. The molecule has 0 bridgehead atoms. The van der Waals surface area contributed by atoms with Crippen LogP contribution in [0.15, 0.2) is 63.9 Å². The van der Waals surface area contributed by atoms with E-state index in [4.69, 9.17) is 21.3 Å². The van der Waals surface area contributed by atoms with Gasteiger partial charge >= 0.3 is 6.09 Å². The molecule has 2 aromatic rings. The van der Waals surface area contributed by atoms with Crippen LogP contribution in [0.4, 0.5) is 4.79 Å². The van der Waals surface area contributed by atoms with Gasteiger partial charge in [-0.2, -0.15) is 0 Å². The number of rotatable bonds is 27. The molecular weight excluding hydrogens is 706 g/mol. The van der Waals surface area contributed by atoms with Crippen molar-refractivity contribution in [1.82, 2.24) is 21.3 Å². The molecule has 18 nitrogen and oxygen atoms in total. The number of amides is 4. The zero-order chi connectivity index (χ0) is 39.6. The molecule has 4 amide bonds. The summed E-state index contributed by atoms with van der Waals surface area (Å²) in [5.41, 5.74) is 28.5. The highest BCUT2D eigenvalue weighted by Gasteiger charge is 2.35. The number of carbonyl (C=O) groups is 4. The summed E-state index contributed by atoms with van der Waals surface area (Å²) >= 11 is 0. The number of hydrogen-bond acceptors (Lipinski definition) is 8. The maximum absolute atomic E-state index is 13.7. The van der Waals surface area contributed by atoms with Crippen LogP contribution in [0.3, 0.4) is 0 Å². The zero-order valence-corrected chi connectivity index (χ0v) is 31.2. The first-order valence-corrected chi connectivity index (χ1v) is 18.8. The van der Waals surface area contributed by atoms with Gasteiger partial charge < -0.3 is 26.0 Å². The predicted octanol–water partition coefficient (Wildman–Crippen LogP) is 7.22. The van der Waals surface area contributed by atoms with Gasteiger partial charge in [-0.15, -0.1) is 0 Å². The minimum Gasteiger partial charge on any atom is -0.449 e. The molecule has 55 heavy (non-hydrogen) atoms. The maximum atomic E-state index is 13.7. The standard InChI is InChI=1S/C37H51N13O5/c38-48-44-24-8-5-21-41-33(51)15-18-37(19-16-34(52)42-22-6-9-25-45-49-39,20-17-35(53)43-23-7-10-26-46-50-40)47-36(54)55-27-32-30-13-3-1-11-28(30)29-12-2-4-14-31(29)32/h1-4,11-14,32H,5-10,15-27H2,(H,41,51)(H,42,52)(H,43,53)(H,47,54). The van der Waals surface area contributed by atoms with Gasteiger partial charge in [0.15, 0.2) is 0 Å². The van der Waals surface area contributed by atoms with Crippen LogP contribution >= 0.6 is 0 Å². The van der Waals surface area contributed by atoms with Gasteiger partial charge in [-0.05, 0) is 96.6 Å². The number of nitrogens with zero attached hydrogens (tertiary/aromatic N) is 9. The topological polar surface area (TPSA) is 272 Å². The normalized spacial score (nSPS) is 12.3. The predicted molar refractivity (Wildman–Crippen MR) is 207 cm³/mol. The number of ether oxygens (including phenoxy) is 1. The van der Waals surface area contributed by atoms with E-state index in [0.717, 1.165) is 22.3 Å². The first-order valence-electron chi connectivity index (χ1n) is 18.8. The summed E-state index contributed by atoms with van der Waals surface area (Å²) in [7, 11) is 0. The largest absolute Gasteiger partial charge is 0.449 e. The third-order valence-electron chi connectivity index (χ3n) is 9.41. The van der Waals surface area contributed by atoms with Gasteiger partial charge in [0, 0.05) is 84.7 Å². The second kappa shape index (κ2) is 25.1. The molecular formula is C37H51N13O5. The van der Waals surface area contributed by atoms with E-state index in [1.807, 2.05) is 48.5 Å². The van der Waals surface area contributed by atoms with Crippen molar-refractivity contribution < 1.29 is 23.9 Å². The molecule has 0 unspecified atom stereocenters. The Morgan fingerprint density at radius 2 is 0.982 bits per heavy atom. The highest BCUT2D eigenvalue weighted by Crippen LogP contribution is 2.44. The Morgan fingerprint density at radius 1 is 0.600 bits per heavy atom. The molecule has 0 saturated heterocycles. The Hall–Kier alpha value is -5.95. The van der Waals surface area contributed by atoms with Gasteiger partial charge in [-0.1, -0.05) is 63.9 Å². The maximum Gasteiger partial charge on any atom is 0.407 e.